The van der Waals surface area contributed by atoms with Gasteiger partial charge in [0.15, 0.2) is 0 Å². The van der Waals surface area contributed by atoms with Crippen molar-refractivity contribution in [3.63, 3.8) is 0 Å². The van der Waals surface area contributed by atoms with Crippen molar-refractivity contribution < 1.29 is 67.4 Å². The van der Waals surface area contributed by atoms with Crippen molar-refractivity contribution in [3.05, 3.63) is 35.9 Å². The van der Waals surface area contributed by atoms with Crippen molar-refractivity contribution in [1.82, 2.24) is 58.5 Å². The number of carbonyl (C=O) groups is 12. The van der Waals surface area contributed by atoms with Gasteiger partial charge < -0.3 is 108 Å². The van der Waals surface area contributed by atoms with Crippen LogP contribution in [0.3, 0.4) is 0 Å². The number of hydrogen-bond donors (Lipinski definition) is 19. The van der Waals surface area contributed by atoms with Crippen molar-refractivity contribution in [1.29, 1.82) is 0 Å². The van der Waals surface area contributed by atoms with Crippen LogP contribution in [0.1, 0.15) is 143 Å². The first-order valence-electron chi connectivity index (χ1n) is 32.9. The van der Waals surface area contributed by atoms with E-state index in [2.05, 4.69) is 72.3 Å². The third-order valence-electron chi connectivity index (χ3n) is 15.8. The Morgan fingerprint density at radius 3 is 1.61 bits per heavy atom. The first-order chi connectivity index (χ1) is 44.7. The molecule has 14 atom stereocenters. The lowest BCUT2D eigenvalue weighted by molar-refractivity contribution is -0.154. The molecule has 0 radical (unpaired) electrons. The van der Waals surface area contributed by atoms with E-state index in [4.69, 9.17) is 44.9 Å². The third-order valence-corrected chi connectivity index (χ3v) is 15.8. The first-order valence-corrected chi connectivity index (χ1v) is 32.9. The average Bonchev–Trinajstić information content (AvgIpc) is 0.955. The molecule has 1 aromatic rings. The van der Waals surface area contributed by atoms with E-state index in [0.29, 0.717) is 37.3 Å². The van der Waals surface area contributed by atoms with Gasteiger partial charge in [-0.15, -0.1) is 0 Å². The quantitative estimate of drug-likeness (QED) is 0.0223. The van der Waals surface area contributed by atoms with Crippen molar-refractivity contribution in [2.45, 2.75) is 223 Å². The van der Waals surface area contributed by atoms with Gasteiger partial charge in [0.25, 0.3) is 0 Å². The zero-order chi connectivity index (χ0) is 70.5. The largest absolute Gasteiger partial charge is 0.459 e. The SMILES string of the molecule is CC[C@H](C)CCCCC(=O)N[C@@H](CCN)C(=O)N[C@H](C(=O)N[C@@H](CCN)C(=O)N[C@H]1CCNC(=O)[C@H]([C@@H](C)O)NC(=O)[C@H](CCN)NC(=O)[C@H](CCN)NC(=O)[C@H](CC(C)C)NC(=O)[C@@H](Cc2ccccc2)NC(=O)[C@H](CCN)NC1=O)[C@@H](C)OC(=O)[C@@H](N)CCCCN. The summed E-state index contributed by atoms with van der Waals surface area (Å²) < 4.78 is 5.65. The lowest BCUT2D eigenvalue weighted by Gasteiger charge is -2.30. The molecule has 0 spiro atoms. The summed E-state index contributed by atoms with van der Waals surface area (Å²) in [6.07, 6.45) is -0.218. The topological polar surface area (TPSA) is 549 Å². The normalized spacial score (nSPS) is 22.1. The third kappa shape index (κ3) is 30.3. The zero-order valence-electron chi connectivity index (χ0n) is 55.6. The molecule has 0 aliphatic carbocycles. The molecule has 26 N–H and O–H groups in total. The highest BCUT2D eigenvalue weighted by atomic mass is 16.5. The number of aliphatic hydroxyl groups excluding tert-OH is 1. The van der Waals surface area contributed by atoms with Crippen LogP contribution in [0.25, 0.3) is 0 Å². The van der Waals surface area contributed by atoms with Crippen LogP contribution in [0, 0.1) is 11.8 Å². The van der Waals surface area contributed by atoms with Gasteiger partial charge in [-0.25, -0.2) is 0 Å². The fraction of sp³-hybridized carbons (Fsp3) is 0.710. The van der Waals surface area contributed by atoms with Crippen LogP contribution in [0.2, 0.25) is 0 Å². The van der Waals surface area contributed by atoms with E-state index in [0.717, 1.165) is 19.3 Å². The molecule has 532 valence electrons. The fourth-order valence-electron chi connectivity index (χ4n) is 10.1. The van der Waals surface area contributed by atoms with Gasteiger partial charge in [-0.3, -0.25) is 57.5 Å². The van der Waals surface area contributed by atoms with E-state index < -0.39 is 163 Å². The van der Waals surface area contributed by atoms with E-state index in [-0.39, 0.29) is 96.4 Å². The van der Waals surface area contributed by atoms with E-state index in [1.165, 1.54) is 13.8 Å². The Hall–Kier alpha value is -7.46. The van der Waals surface area contributed by atoms with Gasteiger partial charge in [0.1, 0.15) is 72.6 Å². The Morgan fingerprint density at radius 1 is 0.564 bits per heavy atom. The van der Waals surface area contributed by atoms with Crippen LogP contribution >= 0.6 is 0 Å². The molecule has 1 aromatic carbocycles. The summed E-state index contributed by atoms with van der Waals surface area (Å²) in [5.41, 5.74) is 42.0. The minimum absolute atomic E-state index is 0.0307. The molecule has 1 aliphatic rings. The number of amides is 11. The molecule has 94 heavy (non-hydrogen) atoms. The second-order valence-corrected chi connectivity index (χ2v) is 24.3. The first kappa shape index (κ1) is 82.6. The Balaban J connectivity index is 2.79. The van der Waals surface area contributed by atoms with Crippen molar-refractivity contribution >= 4 is 70.9 Å². The number of benzene rings is 1. The number of ether oxygens (including phenoxy) is 1. The molecular formula is C62H110N18O14. The summed E-state index contributed by atoms with van der Waals surface area (Å²) in [6.45, 7) is 9.22. The Morgan fingerprint density at radius 2 is 1.07 bits per heavy atom. The molecular weight excluding hydrogens is 1220 g/mol. The van der Waals surface area contributed by atoms with Gasteiger partial charge in [-0.05, 0) is 135 Å². The van der Waals surface area contributed by atoms with Crippen LogP contribution in [0.5, 0.6) is 0 Å². The minimum Gasteiger partial charge on any atom is -0.459 e. The standard InChI is InChI=1S/C62H110N18O14/c1-7-36(4)15-11-12-19-49(82)71-41(20-27-64)56(87)80-51(38(6)94-62(93)40(69)18-13-14-26-63)61(92)76-44(23-30-67)53(84)75-46-25-32-70-60(91)50(37(5)81)79-57(88)45(24-31-68)73-52(83)42(21-28-65)74-58(89)47(33-35(2)3)77-59(90)48(34-39-16-9-8-10-17-39)78-54(85)43(22-29-66)72-55(46)86/h8-10,16-17,35-38,40-48,50-51,81H,7,11-15,18-34,63-69H2,1-6H3,(H,70,91)(H,71,82)(H,72,86)(H,73,83)(H,74,89)(H,75,84)(H,76,92)(H,77,90)(H,78,85)(H,79,88)(H,80,87)/t36-,37+,38+,40-,41-,42-,43-,44-,45-,46-,47-,48+,50-,51-/m0/s1. The van der Waals surface area contributed by atoms with Gasteiger partial charge in [0, 0.05) is 19.4 Å². The highest BCUT2D eigenvalue weighted by Crippen LogP contribution is 2.15. The summed E-state index contributed by atoms with van der Waals surface area (Å²) in [5.74, 6) is -10.7. The minimum atomic E-state index is -1.78. The monoisotopic (exact) mass is 1330 g/mol. The maximum Gasteiger partial charge on any atom is 0.323 e. The lowest BCUT2D eigenvalue weighted by Crippen LogP contribution is -2.62. The summed E-state index contributed by atoms with van der Waals surface area (Å²) in [7, 11) is 0. The lowest BCUT2D eigenvalue weighted by atomic mass is 10.00. The summed E-state index contributed by atoms with van der Waals surface area (Å²) in [5, 5.41) is 39.2. The predicted molar refractivity (Wildman–Crippen MR) is 351 cm³/mol. The predicted octanol–water partition coefficient (Wildman–Crippen LogP) is -5.24. The molecule has 32 nitrogen and oxygen atoms in total. The number of nitrogens with one attached hydrogen (secondary N) is 11. The van der Waals surface area contributed by atoms with Gasteiger partial charge in [0.2, 0.25) is 65.0 Å². The molecule has 32 heteroatoms. The number of hydrogen-bond acceptors (Lipinski definition) is 21. The Bertz CT molecular complexity index is 2570. The van der Waals surface area contributed by atoms with Gasteiger partial charge in [0.05, 0.1) is 6.10 Å². The second kappa shape index (κ2) is 45.0. The number of rotatable bonds is 35. The van der Waals surface area contributed by atoms with Gasteiger partial charge in [-0.2, -0.15) is 0 Å². The molecule has 1 aliphatic heterocycles. The molecule has 0 bridgehead atoms. The van der Waals surface area contributed by atoms with E-state index >= 15 is 0 Å². The number of aliphatic hydroxyl groups is 1. The maximum absolute atomic E-state index is 14.7. The van der Waals surface area contributed by atoms with Crippen LogP contribution in [0.4, 0.5) is 0 Å². The average molecular weight is 1330 g/mol. The number of carbonyl (C=O) groups excluding carboxylic acids is 12. The molecule has 2 rings (SSSR count). The number of nitrogens with two attached hydrogens (primary N) is 7. The van der Waals surface area contributed by atoms with Crippen molar-refractivity contribution in [3.8, 4) is 0 Å². The Kier molecular flexibility index (Phi) is 39.6. The van der Waals surface area contributed by atoms with E-state index in [9.17, 15) is 62.6 Å². The highest BCUT2D eigenvalue weighted by Gasteiger charge is 2.39. The van der Waals surface area contributed by atoms with Crippen LogP contribution < -0.4 is 98.6 Å². The smallest absolute Gasteiger partial charge is 0.323 e. The van der Waals surface area contributed by atoms with E-state index in [1.54, 1.807) is 44.2 Å². The van der Waals surface area contributed by atoms with Gasteiger partial charge >= 0.3 is 5.97 Å². The summed E-state index contributed by atoms with van der Waals surface area (Å²) in [4.78, 5) is 170. The van der Waals surface area contributed by atoms with E-state index in [1.807, 2.05) is 0 Å². The molecule has 0 saturated carbocycles. The highest BCUT2D eigenvalue weighted by molar-refractivity contribution is 5.99. The Labute approximate surface area is 551 Å². The number of unbranched alkanes of at least 4 members (excludes halogenated alkanes) is 2. The second-order valence-electron chi connectivity index (χ2n) is 24.3. The molecule has 1 heterocycles. The van der Waals surface area contributed by atoms with Crippen molar-refractivity contribution in [2.24, 2.45) is 52.0 Å². The van der Waals surface area contributed by atoms with Crippen LogP contribution in [0.15, 0.2) is 30.3 Å². The molecule has 0 unspecified atom stereocenters. The summed E-state index contributed by atoms with van der Waals surface area (Å²) in [6, 6.07) is -7.87. The number of esters is 1. The maximum atomic E-state index is 14.7. The van der Waals surface area contributed by atoms with Crippen LogP contribution in [-0.4, -0.2) is 201 Å². The van der Waals surface area contributed by atoms with Crippen LogP contribution in [-0.2, 0) is 68.7 Å². The van der Waals surface area contributed by atoms with Gasteiger partial charge in [-0.1, -0.05) is 83.7 Å². The molecule has 11 amide bonds. The van der Waals surface area contributed by atoms with Crippen molar-refractivity contribution in [2.75, 3.05) is 45.8 Å². The zero-order valence-corrected chi connectivity index (χ0v) is 55.6. The molecule has 1 saturated heterocycles. The fourth-order valence-corrected chi connectivity index (χ4v) is 10.1. The molecule has 0 aromatic heterocycles. The summed E-state index contributed by atoms with van der Waals surface area (Å²) >= 11 is 0. The molecule has 1 fully saturated rings.